The number of alkyl halides is 4. The molecule has 2 amide bonds. The number of amides is 2. The van der Waals surface area contributed by atoms with Crippen molar-refractivity contribution in [2.24, 2.45) is 0 Å². The minimum atomic E-state index is -4.58. The minimum Gasteiger partial charge on any atom is -0.371 e. The van der Waals surface area contributed by atoms with E-state index in [9.17, 15) is 22.8 Å². The maximum absolute atomic E-state index is 13.1. The molecule has 2 aromatic carbocycles. The number of rotatable bonds is 5. The lowest BCUT2D eigenvalue weighted by Gasteiger charge is -2.29. The van der Waals surface area contributed by atoms with Crippen molar-refractivity contribution < 1.29 is 22.8 Å². The van der Waals surface area contributed by atoms with Crippen LogP contribution in [-0.2, 0) is 22.2 Å². The molecule has 0 bridgehead atoms. The third kappa shape index (κ3) is 4.74. The SMILES string of the molecule is O=C1NC(=S)N(c2cccc(C(F)(F)F)c2)C(=O)C1=Cc1ccc2c(c1)CCN2CCCCl. The lowest BCUT2D eigenvalue weighted by molar-refractivity contribution is -0.137. The monoisotopic (exact) mass is 493 g/mol. The number of carbonyl (C=O) groups excluding carboxylic acids is 2. The van der Waals surface area contributed by atoms with Gasteiger partial charge in [0.1, 0.15) is 5.57 Å². The van der Waals surface area contributed by atoms with E-state index in [1.807, 2.05) is 12.1 Å². The number of hydrogen-bond donors (Lipinski definition) is 1. The Hall–Kier alpha value is -2.91. The van der Waals surface area contributed by atoms with Gasteiger partial charge in [-0.05, 0) is 72.6 Å². The topological polar surface area (TPSA) is 52.7 Å². The number of nitrogens with one attached hydrogen (secondary N) is 1. The lowest BCUT2D eigenvalue weighted by Crippen LogP contribution is -2.54. The molecular formula is C23H19ClF3N3O2S. The first-order valence-electron chi connectivity index (χ1n) is 10.2. The van der Waals surface area contributed by atoms with Crippen LogP contribution in [0.1, 0.15) is 23.1 Å². The van der Waals surface area contributed by atoms with E-state index in [2.05, 4.69) is 10.2 Å². The summed E-state index contributed by atoms with van der Waals surface area (Å²) in [6, 6.07) is 9.88. The molecule has 2 aliphatic rings. The van der Waals surface area contributed by atoms with Crippen molar-refractivity contribution in [3.63, 3.8) is 0 Å². The van der Waals surface area contributed by atoms with Gasteiger partial charge in [0.15, 0.2) is 5.11 Å². The van der Waals surface area contributed by atoms with Crippen molar-refractivity contribution >= 4 is 58.2 Å². The van der Waals surface area contributed by atoms with E-state index in [-0.39, 0.29) is 16.4 Å². The molecule has 2 heterocycles. The average Bonchev–Trinajstić information content (AvgIpc) is 3.17. The average molecular weight is 494 g/mol. The highest BCUT2D eigenvalue weighted by molar-refractivity contribution is 7.80. The molecule has 1 fully saturated rings. The number of anilines is 2. The fraction of sp³-hybridized carbons (Fsp3) is 0.261. The summed E-state index contributed by atoms with van der Waals surface area (Å²) < 4.78 is 39.4. The molecule has 0 saturated carbocycles. The first kappa shape index (κ1) is 23.3. The summed E-state index contributed by atoms with van der Waals surface area (Å²) >= 11 is 10.9. The molecule has 0 radical (unpaired) electrons. The largest absolute Gasteiger partial charge is 0.416 e. The van der Waals surface area contributed by atoms with Crippen LogP contribution >= 0.6 is 23.8 Å². The molecule has 33 heavy (non-hydrogen) atoms. The molecule has 5 nitrogen and oxygen atoms in total. The predicted octanol–water partition coefficient (Wildman–Crippen LogP) is 4.53. The highest BCUT2D eigenvalue weighted by Gasteiger charge is 2.36. The van der Waals surface area contributed by atoms with Gasteiger partial charge < -0.3 is 4.90 Å². The molecule has 0 spiro atoms. The van der Waals surface area contributed by atoms with Crippen LogP contribution in [-0.4, -0.2) is 35.9 Å². The third-order valence-corrected chi connectivity index (χ3v) is 6.05. The molecule has 0 aliphatic carbocycles. The molecule has 2 aromatic rings. The Bertz CT molecular complexity index is 1170. The summed E-state index contributed by atoms with van der Waals surface area (Å²) in [6.07, 6.45) is -1.45. The standard InChI is InChI=1S/C23H19ClF3N3O2S/c24-8-2-9-29-10-7-15-11-14(5-6-19(15)29)12-18-20(31)28-22(33)30(21(18)32)17-4-1-3-16(13-17)23(25,26)27/h1,3-6,11-13H,2,7-10H2,(H,28,31,33). The Balaban J connectivity index is 1.64. The molecule has 0 aromatic heterocycles. The summed E-state index contributed by atoms with van der Waals surface area (Å²) in [5.74, 6) is -0.901. The summed E-state index contributed by atoms with van der Waals surface area (Å²) in [6.45, 7) is 1.71. The lowest BCUT2D eigenvalue weighted by atomic mass is 10.0. The number of benzene rings is 2. The molecule has 0 atom stereocenters. The Morgan fingerprint density at radius 1 is 1.15 bits per heavy atom. The number of hydrogen-bond acceptors (Lipinski definition) is 4. The maximum atomic E-state index is 13.1. The van der Waals surface area contributed by atoms with Gasteiger partial charge in [0.2, 0.25) is 0 Å². The van der Waals surface area contributed by atoms with Gasteiger partial charge in [-0.25, -0.2) is 0 Å². The second-order valence-electron chi connectivity index (χ2n) is 7.67. The molecule has 4 rings (SSSR count). The van der Waals surface area contributed by atoms with Gasteiger partial charge in [-0.2, -0.15) is 13.2 Å². The van der Waals surface area contributed by atoms with E-state index < -0.39 is 23.6 Å². The molecule has 10 heteroatoms. The second-order valence-corrected chi connectivity index (χ2v) is 8.44. The normalized spacial score (nSPS) is 17.6. The molecule has 0 unspecified atom stereocenters. The number of carbonyl (C=O) groups is 2. The van der Waals surface area contributed by atoms with Gasteiger partial charge in [-0.15, -0.1) is 11.6 Å². The predicted molar refractivity (Wildman–Crippen MR) is 125 cm³/mol. The van der Waals surface area contributed by atoms with Gasteiger partial charge in [-0.3, -0.25) is 19.8 Å². The minimum absolute atomic E-state index is 0.0744. The number of nitrogens with zero attached hydrogens (tertiary/aromatic N) is 2. The van der Waals surface area contributed by atoms with Crippen LogP contribution in [0.5, 0.6) is 0 Å². The van der Waals surface area contributed by atoms with Crippen LogP contribution in [0, 0.1) is 0 Å². The number of fused-ring (bicyclic) bond motifs is 1. The van der Waals surface area contributed by atoms with Crippen LogP contribution in [0.3, 0.4) is 0 Å². The summed E-state index contributed by atoms with van der Waals surface area (Å²) in [5.41, 5.74) is 1.62. The second kappa shape index (κ2) is 9.15. The molecule has 1 saturated heterocycles. The third-order valence-electron chi connectivity index (χ3n) is 5.50. The highest BCUT2D eigenvalue weighted by atomic mass is 35.5. The molecule has 2 aliphatic heterocycles. The molecule has 172 valence electrons. The Labute approximate surface area is 198 Å². The van der Waals surface area contributed by atoms with E-state index in [0.717, 1.165) is 54.2 Å². The Morgan fingerprint density at radius 2 is 1.94 bits per heavy atom. The van der Waals surface area contributed by atoms with E-state index in [4.69, 9.17) is 23.8 Å². The quantitative estimate of drug-likeness (QED) is 0.288. The van der Waals surface area contributed by atoms with Crippen LogP contribution in [0.2, 0.25) is 0 Å². The van der Waals surface area contributed by atoms with Gasteiger partial charge in [-0.1, -0.05) is 12.1 Å². The number of halogens is 4. The summed E-state index contributed by atoms with van der Waals surface area (Å²) in [4.78, 5) is 28.8. The molecular weight excluding hydrogens is 475 g/mol. The Morgan fingerprint density at radius 3 is 2.67 bits per heavy atom. The highest BCUT2D eigenvalue weighted by Crippen LogP contribution is 2.33. The fourth-order valence-electron chi connectivity index (χ4n) is 3.94. The van der Waals surface area contributed by atoms with Gasteiger partial charge >= 0.3 is 6.18 Å². The number of thiocarbonyl (C=S) groups is 1. The van der Waals surface area contributed by atoms with Crippen molar-refractivity contribution in [3.8, 4) is 0 Å². The van der Waals surface area contributed by atoms with Crippen LogP contribution < -0.4 is 15.1 Å². The van der Waals surface area contributed by atoms with Crippen molar-refractivity contribution in [1.82, 2.24) is 5.32 Å². The van der Waals surface area contributed by atoms with Crippen molar-refractivity contribution in [3.05, 3.63) is 64.7 Å². The zero-order valence-electron chi connectivity index (χ0n) is 17.3. The van der Waals surface area contributed by atoms with Gasteiger partial charge in [0, 0.05) is 24.7 Å². The zero-order chi connectivity index (χ0) is 23.8. The maximum Gasteiger partial charge on any atom is 0.416 e. The van der Waals surface area contributed by atoms with Crippen LogP contribution in [0.4, 0.5) is 24.5 Å². The first-order valence-corrected chi connectivity index (χ1v) is 11.2. The van der Waals surface area contributed by atoms with E-state index >= 15 is 0 Å². The Kier molecular flexibility index (Phi) is 6.45. The zero-order valence-corrected chi connectivity index (χ0v) is 18.9. The van der Waals surface area contributed by atoms with E-state index in [0.29, 0.717) is 11.4 Å². The molecule has 1 N–H and O–H groups in total. The first-order chi connectivity index (χ1) is 15.7. The van der Waals surface area contributed by atoms with Gasteiger partial charge in [0.25, 0.3) is 11.8 Å². The van der Waals surface area contributed by atoms with Crippen LogP contribution in [0.15, 0.2) is 48.0 Å². The van der Waals surface area contributed by atoms with Crippen molar-refractivity contribution in [1.29, 1.82) is 0 Å². The van der Waals surface area contributed by atoms with Gasteiger partial charge in [0.05, 0.1) is 11.3 Å². The van der Waals surface area contributed by atoms with E-state index in [1.165, 1.54) is 18.2 Å². The van der Waals surface area contributed by atoms with Crippen LogP contribution in [0.25, 0.3) is 6.08 Å². The fourth-order valence-corrected chi connectivity index (χ4v) is 4.34. The van der Waals surface area contributed by atoms with Crippen molar-refractivity contribution in [2.45, 2.75) is 19.0 Å². The smallest absolute Gasteiger partial charge is 0.371 e. The van der Waals surface area contributed by atoms with E-state index in [1.54, 1.807) is 6.07 Å². The summed E-state index contributed by atoms with van der Waals surface area (Å²) in [7, 11) is 0. The van der Waals surface area contributed by atoms with Crippen molar-refractivity contribution in [2.75, 3.05) is 28.8 Å². The summed E-state index contributed by atoms with van der Waals surface area (Å²) in [5, 5.41) is 2.12.